The van der Waals surface area contributed by atoms with E-state index in [1.54, 1.807) is 6.07 Å². The van der Waals surface area contributed by atoms with E-state index in [-0.39, 0.29) is 24.0 Å². The Hall–Kier alpha value is -1.90. The molecule has 0 aromatic heterocycles. The lowest BCUT2D eigenvalue weighted by atomic mass is 9.99. The number of benzene rings is 1. The molecule has 0 saturated carbocycles. The maximum Gasteiger partial charge on any atom is 0.227 e. The zero-order valence-corrected chi connectivity index (χ0v) is 11.0. The molecule has 106 valence electrons. The van der Waals surface area contributed by atoms with Crippen LogP contribution in [0, 0.1) is 23.6 Å². The standard InChI is InChI=1S/C15H16FNO3/c16-14-10-13(4-3-11(14)2-1-7-18)17-15(19)12-5-8-20-9-6-12/h3-4,10,12,18H,5-9H2,(H,17,19). The molecule has 0 atom stereocenters. The van der Waals surface area contributed by atoms with Crippen LogP contribution in [0.2, 0.25) is 0 Å². The number of rotatable bonds is 2. The summed E-state index contributed by atoms with van der Waals surface area (Å²) in [6.07, 6.45) is 1.38. The second-order valence-corrected chi connectivity index (χ2v) is 4.53. The van der Waals surface area contributed by atoms with Gasteiger partial charge in [0.05, 0.1) is 5.56 Å². The quantitative estimate of drug-likeness (QED) is 0.806. The van der Waals surface area contributed by atoms with Crippen LogP contribution in [-0.2, 0) is 9.53 Å². The Labute approximate surface area is 116 Å². The van der Waals surface area contributed by atoms with Crippen LogP contribution in [0.5, 0.6) is 0 Å². The van der Waals surface area contributed by atoms with Gasteiger partial charge in [0.2, 0.25) is 5.91 Å². The molecule has 0 unspecified atom stereocenters. The molecule has 1 aliphatic heterocycles. The highest BCUT2D eigenvalue weighted by Crippen LogP contribution is 2.19. The summed E-state index contributed by atoms with van der Waals surface area (Å²) < 4.78 is 18.9. The molecule has 1 saturated heterocycles. The Morgan fingerprint density at radius 3 is 2.85 bits per heavy atom. The third-order valence-corrected chi connectivity index (χ3v) is 3.13. The molecule has 5 heteroatoms. The van der Waals surface area contributed by atoms with Crippen molar-refractivity contribution in [3.05, 3.63) is 29.6 Å². The highest BCUT2D eigenvalue weighted by molar-refractivity contribution is 5.92. The molecule has 1 aliphatic rings. The molecule has 4 nitrogen and oxygen atoms in total. The van der Waals surface area contributed by atoms with Crippen LogP contribution in [0.25, 0.3) is 0 Å². The second-order valence-electron chi connectivity index (χ2n) is 4.53. The lowest BCUT2D eigenvalue weighted by molar-refractivity contribution is -0.122. The van der Waals surface area contributed by atoms with E-state index in [1.807, 2.05) is 0 Å². The summed E-state index contributed by atoms with van der Waals surface area (Å²) in [7, 11) is 0. The molecule has 1 fully saturated rings. The van der Waals surface area contributed by atoms with E-state index in [9.17, 15) is 9.18 Å². The third-order valence-electron chi connectivity index (χ3n) is 3.13. The molecule has 1 heterocycles. The minimum absolute atomic E-state index is 0.0827. The highest BCUT2D eigenvalue weighted by Gasteiger charge is 2.21. The summed E-state index contributed by atoms with van der Waals surface area (Å²) in [6.45, 7) is 0.853. The SMILES string of the molecule is O=C(Nc1ccc(C#CCO)c(F)c1)C1CCOCC1. The molecule has 0 spiro atoms. The fourth-order valence-corrected chi connectivity index (χ4v) is 2.03. The van der Waals surface area contributed by atoms with Crippen LogP contribution in [0.3, 0.4) is 0 Å². The van der Waals surface area contributed by atoms with E-state index in [1.165, 1.54) is 12.1 Å². The fourth-order valence-electron chi connectivity index (χ4n) is 2.03. The van der Waals surface area contributed by atoms with Crippen LogP contribution >= 0.6 is 0 Å². The molecule has 0 bridgehead atoms. The Bertz CT molecular complexity index is 542. The summed E-state index contributed by atoms with van der Waals surface area (Å²) in [5.41, 5.74) is 0.608. The van der Waals surface area contributed by atoms with Crippen molar-refractivity contribution in [3.63, 3.8) is 0 Å². The van der Waals surface area contributed by atoms with Gasteiger partial charge in [0, 0.05) is 24.8 Å². The number of aliphatic hydroxyl groups excluding tert-OH is 1. The normalized spacial score (nSPS) is 15.3. The molecule has 0 aliphatic carbocycles. The van der Waals surface area contributed by atoms with Crippen molar-refractivity contribution in [2.24, 2.45) is 5.92 Å². The molecule has 1 aromatic carbocycles. The number of nitrogens with one attached hydrogen (secondary N) is 1. The zero-order chi connectivity index (χ0) is 14.4. The number of aliphatic hydroxyl groups is 1. The van der Waals surface area contributed by atoms with Gasteiger partial charge in [-0.2, -0.15) is 0 Å². The smallest absolute Gasteiger partial charge is 0.227 e. The number of ether oxygens (including phenoxy) is 1. The van der Waals surface area contributed by atoms with Gasteiger partial charge in [0.1, 0.15) is 12.4 Å². The first-order valence-electron chi connectivity index (χ1n) is 6.48. The van der Waals surface area contributed by atoms with Gasteiger partial charge in [0.25, 0.3) is 0 Å². The van der Waals surface area contributed by atoms with Crippen LogP contribution < -0.4 is 5.32 Å². The molecular formula is C15H16FNO3. The van der Waals surface area contributed by atoms with Crippen molar-refractivity contribution in [1.29, 1.82) is 0 Å². The summed E-state index contributed by atoms with van der Waals surface area (Å²) in [5, 5.41) is 11.3. The van der Waals surface area contributed by atoms with Gasteiger partial charge >= 0.3 is 0 Å². The largest absolute Gasteiger partial charge is 0.384 e. The molecule has 0 radical (unpaired) electrons. The summed E-state index contributed by atoms with van der Waals surface area (Å²) in [6, 6.07) is 4.32. The van der Waals surface area contributed by atoms with Crippen molar-refractivity contribution >= 4 is 11.6 Å². The van der Waals surface area contributed by atoms with Crippen molar-refractivity contribution in [2.45, 2.75) is 12.8 Å². The maximum atomic E-state index is 13.7. The molecule has 1 aromatic rings. The lowest BCUT2D eigenvalue weighted by Gasteiger charge is -2.21. The molecule has 2 rings (SSSR count). The number of anilines is 1. The summed E-state index contributed by atoms with van der Waals surface area (Å²) in [4.78, 5) is 12.0. The predicted octanol–water partition coefficient (Wildman–Crippen LogP) is 1.53. The Morgan fingerprint density at radius 2 is 2.20 bits per heavy atom. The maximum absolute atomic E-state index is 13.7. The molecule has 1 amide bonds. The number of amides is 1. The summed E-state index contributed by atoms with van der Waals surface area (Å²) in [5.74, 6) is 4.17. The highest BCUT2D eigenvalue weighted by atomic mass is 19.1. The van der Waals surface area contributed by atoms with Crippen molar-refractivity contribution in [3.8, 4) is 11.8 Å². The molecule has 20 heavy (non-hydrogen) atoms. The minimum Gasteiger partial charge on any atom is -0.384 e. The predicted molar refractivity (Wildman–Crippen MR) is 72.5 cm³/mol. The van der Waals surface area contributed by atoms with Gasteiger partial charge in [0.15, 0.2) is 0 Å². The molecule has 2 N–H and O–H groups in total. The van der Waals surface area contributed by atoms with E-state index in [4.69, 9.17) is 9.84 Å². The van der Waals surface area contributed by atoms with Crippen LogP contribution in [0.15, 0.2) is 18.2 Å². The van der Waals surface area contributed by atoms with Crippen LogP contribution in [0.4, 0.5) is 10.1 Å². The van der Waals surface area contributed by atoms with E-state index >= 15 is 0 Å². The van der Waals surface area contributed by atoms with Crippen molar-refractivity contribution < 1.29 is 19.0 Å². The second kappa shape index (κ2) is 7.04. The van der Waals surface area contributed by atoms with Gasteiger partial charge in [-0.3, -0.25) is 4.79 Å². The van der Waals surface area contributed by atoms with E-state index in [0.29, 0.717) is 31.7 Å². The van der Waals surface area contributed by atoms with E-state index < -0.39 is 5.82 Å². The first kappa shape index (κ1) is 14.5. The topological polar surface area (TPSA) is 58.6 Å². The van der Waals surface area contributed by atoms with Gasteiger partial charge in [-0.25, -0.2) is 4.39 Å². The van der Waals surface area contributed by atoms with E-state index in [0.717, 1.165) is 0 Å². The van der Waals surface area contributed by atoms with Crippen LogP contribution in [-0.4, -0.2) is 30.8 Å². The van der Waals surface area contributed by atoms with Crippen molar-refractivity contribution in [2.75, 3.05) is 25.1 Å². The fraction of sp³-hybridized carbons (Fsp3) is 0.400. The van der Waals surface area contributed by atoms with E-state index in [2.05, 4.69) is 17.2 Å². The minimum atomic E-state index is -0.518. The number of hydrogen-bond acceptors (Lipinski definition) is 3. The Balaban J connectivity index is 2.02. The number of carbonyl (C=O) groups excluding carboxylic acids is 1. The average Bonchev–Trinajstić information content (AvgIpc) is 2.47. The van der Waals surface area contributed by atoms with Gasteiger partial charge in [-0.05, 0) is 31.0 Å². The Kier molecular flexibility index (Phi) is 5.10. The van der Waals surface area contributed by atoms with Gasteiger partial charge < -0.3 is 15.2 Å². The zero-order valence-electron chi connectivity index (χ0n) is 11.0. The number of hydrogen-bond donors (Lipinski definition) is 2. The van der Waals surface area contributed by atoms with Gasteiger partial charge in [-0.1, -0.05) is 11.8 Å². The first-order valence-corrected chi connectivity index (χ1v) is 6.48. The lowest BCUT2D eigenvalue weighted by Crippen LogP contribution is -2.28. The summed E-state index contributed by atoms with van der Waals surface area (Å²) >= 11 is 0. The molecular weight excluding hydrogens is 261 g/mol. The number of carbonyl (C=O) groups is 1. The van der Waals surface area contributed by atoms with Crippen molar-refractivity contribution in [1.82, 2.24) is 0 Å². The Morgan fingerprint density at radius 1 is 1.45 bits per heavy atom. The monoisotopic (exact) mass is 277 g/mol. The first-order chi connectivity index (χ1) is 9.70. The van der Waals surface area contributed by atoms with Gasteiger partial charge in [-0.15, -0.1) is 0 Å². The van der Waals surface area contributed by atoms with Crippen LogP contribution in [0.1, 0.15) is 18.4 Å². The average molecular weight is 277 g/mol. The number of halogens is 1. The third kappa shape index (κ3) is 3.80.